The fourth-order valence-electron chi connectivity index (χ4n) is 3.24. The lowest BCUT2D eigenvalue weighted by molar-refractivity contribution is 0.0882. The third-order valence-corrected chi connectivity index (χ3v) is 4.04. The normalized spacial score (nSPS) is 42.4. The van der Waals surface area contributed by atoms with Crippen molar-refractivity contribution in [2.75, 3.05) is 0 Å². The Balaban J connectivity index is 2.12. The summed E-state index contributed by atoms with van der Waals surface area (Å²) in [5, 5.41) is 0. The van der Waals surface area contributed by atoms with Gasteiger partial charge in [-0.25, -0.2) is 0 Å². The Morgan fingerprint density at radius 1 is 1.33 bits per heavy atom. The Kier molecular flexibility index (Phi) is 2.02. The van der Waals surface area contributed by atoms with Gasteiger partial charge in [-0.15, -0.1) is 0 Å². The van der Waals surface area contributed by atoms with E-state index in [1.165, 1.54) is 50.5 Å². The van der Waals surface area contributed by atoms with Gasteiger partial charge in [0.25, 0.3) is 0 Å². The first-order valence-electron chi connectivity index (χ1n) is 5.37. The minimum Gasteiger partial charge on any atom is -0.0998 e. The fraction of sp³-hybridized carbons (Fsp3) is 0.833. The molecule has 0 heterocycles. The maximum Gasteiger partial charge on any atom is -0.0260 e. The Morgan fingerprint density at radius 2 is 2.17 bits per heavy atom. The van der Waals surface area contributed by atoms with Gasteiger partial charge in [0.05, 0.1) is 0 Å². The van der Waals surface area contributed by atoms with Crippen molar-refractivity contribution in [1.82, 2.24) is 0 Å². The van der Waals surface area contributed by atoms with Crippen molar-refractivity contribution in [2.45, 2.75) is 51.9 Å². The Labute approximate surface area is 76.1 Å². The minimum atomic E-state index is 0.646. The third kappa shape index (κ3) is 1.32. The third-order valence-electron chi connectivity index (χ3n) is 4.04. The van der Waals surface area contributed by atoms with E-state index in [9.17, 15) is 0 Å². The number of rotatable bonds is 0. The zero-order chi connectivity index (χ0) is 8.60. The molecule has 0 N–H and O–H groups in total. The highest BCUT2D eigenvalue weighted by Crippen LogP contribution is 2.51. The van der Waals surface area contributed by atoms with E-state index in [4.69, 9.17) is 0 Å². The van der Waals surface area contributed by atoms with Crippen molar-refractivity contribution in [3.63, 3.8) is 0 Å². The van der Waals surface area contributed by atoms with Crippen LogP contribution >= 0.6 is 0 Å². The summed E-state index contributed by atoms with van der Waals surface area (Å²) in [5.41, 5.74) is 2.16. The van der Waals surface area contributed by atoms with E-state index in [1.54, 1.807) is 0 Å². The lowest BCUT2D eigenvalue weighted by Gasteiger charge is -2.45. The topological polar surface area (TPSA) is 0 Å². The molecule has 0 amide bonds. The van der Waals surface area contributed by atoms with Crippen LogP contribution in [-0.2, 0) is 0 Å². The molecule has 0 heteroatoms. The van der Waals surface area contributed by atoms with E-state index >= 15 is 0 Å². The van der Waals surface area contributed by atoms with E-state index < -0.39 is 0 Å². The fourth-order valence-corrected chi connectivity index (χ4v) is 3.24. The van der Waals surface area contributed by atoms with Crippen LogP contribution in [0.25, 0.3) is 0 Å². The molecule has 12 heavy (non-hydrogen) atoms. The first kappa shape index (κ1) is 8.34. The minimum absolute atomic E-state index is 0.646. The van der Waals surface area contributed by atoms with Crippen molar-refractivity contribution in [1.29, 1.82) is 0 Å². The molecule has 2 aliphatic rings. The Hall–Kier alpha value is -0.260. The zero-order valence-electron chi connectivity index (χ0n) is 8.23. The van der Waals surface area contributed by atoms with Crippen molar-refractivity contribution >= 4 is 0 Å². The lowest BCUT2D eigenvalue weighted by atomic mass is 9.60. The summed E-state index contributed by atoms with van der Waals surface area (Å²) in [4.78, 5) is 0. The van der Waals surface area contributed by atoms with Crippen molar-refractivity contribution in [2.24, 2.45) is 11.3 Å². The molecule has 2 aliphatic carbocycles. The van der Waals surface area contributed by atoms with E-state index in [0.717, 1.165) is 5.92 Å². The van der Waals surface area contributed by atoms with Crippen LogP contribution in [0.3, 0.4) is 0 Å². The molecule has 2 rings (SSSR count). The molecule has 0 radical (unpaired) electrons. The summed E-state index contributed by atoms with van der Waals surface area (Å²) in [6.07, 6.45) is 9.93. The Morgan fingerprint density at radius 3 is 3.00 bits per heavy atom. The Bertz CT molecular complexity index is 192. The molecule has 2 fully saturated rings. The van der Waals surface area contributed by atoms with Crippen molar-refractivity contribution < 1.29 is 0 Å². The van der Waals surface area contributed by atoms with Gasteiger partial charge in [-0.05, 0) is 43.4 Å². The summed E-state index contributed by atoms with van der Waals surface area (Å²) >= 11 is 0. The molecule has 0 aliphatic heterocycles. The van der Waals surface area contributed by atoms with E-state index in [-0.39, 0.29) is 0 Å². The molecule has 0 spiro atoms. The first-order valence-corrected chi connectivity index (χ1v) is 5.37. The molecule has 68 valence electrons. The predicted molar refractivity (Wildman–Crippen MR) is 53.1 cm³/mol. The second kappa shape index (κ2) is 2.90. The van der Waals surface area contributed by atoms with Crippen molar-refractivity contribution in [3.8, 4) is 0 Å². The maximum atomic E-state index is 4.15. The lowest BCUT2D eigenvalue weighted by Crippen LogP contribution is -2.34. The van der Waals surface area contributed by atoms with Crippen LogP contribution in [0, 0.1) is 11.3 Å². The smallest absolute Gasteiger partial charge is 0.0260 e. The SMILES string of the molecule is C=C1CC[C@H]2CCCC[C@]2(C)C1. The standard InChI is InChI=1S/C12H20/c1-10-6-7-11-5-3-4-8-12(11,2)9-10/h11H,1,3-9H2,2H3/t11-,12-/m1/s1. The van der Waals surface area contributed by atoms with E-state index in [0.29, 0.717) is 5.41 Å². The number of hydrogen-bond donors (Lipinski definition) is 0. The average molecular weight is 164 g/mol. The largest absolute Gasteiger partial charge is 0.0998 e. The van der Waals surface area contributed by atoms with Crippen LogP contribution < -0.4 is 0 Å². The quantitative estimate of drug-likeness (QED) is 0.476. The highest BCUT2D eigenvalue weighted by molar-refractivity contribution is 5.07. The van der Waals surface area contributed by atoms with Gasteiger partial charge >= 0.3 is 0 Å². The summed E-state index contributed by atoms with van der Waals surface area (Å²) < 4.78 is 0. The molecule has 0 bridgehead atoms. The number of allylic oxidation sites excluding steroid dienone is 1. The molecule has 0 unspecified atom stereocenters. The second-order valence-corrected chi connectivity index (χ2v) is 5.06. The summed E-state index contributed by atoms with van der Waals surface area (Å²) in [6.45, 7) is 6.64. The molecule has 0 aromatic heterocycles. The summed E-state index contributed by atoms with van der Waals surface area (Å²) in [7, 11) is 0. The number of hydrogen-bond acceptors (Lipinski definition) is 0. The molecular weight excluding hydrogens is 144 g/mol. The molecule has 2 atom stereocenters. The van der Waals surface area contributed by atoms with Crippen LogP contribution in [0.5, 0.6) is 0 Å². The van der Waals surface area contributed by atoms with Gasteiger partial charge in [0.2, 0.25) is 0 Å². The molecular formula is C12H20. The van der Waals surface area contributed by atoms with Gasteiger partial charge in [0, 0.05) is 0 Å². The van der Waals surface area contributed by atoms with Crippen LogP contribution in [0.1, 0.15) is 51.9 Å². The van der Waals surface area contributed by atoms with E-state index in [1.807, 2.05) is 0 Å². The van der Waals surface area contributed by atoms with Crippen LogP contribution in [-0.4, -0.2) is 0 Å². The highest BCUT2D eigenvalue weighted by Gasteiger charge is 2.38. The summed E-state index contributed by atoms with van der Waals surface area (Å²) in [6, 6.07) is 0. The van der Waals surface area contributed by atoms with Gasteiger partial charge in [-0.3, -0.25) is 0 Å². The molecule has 0 aromatic rings. The zero-order valence-corrected chi connectivity index (χ0v) is 8.23. The van der Waals surface area contributed by atoms with Crippen molar-refractivity contribution in [3.05, 3.63) is 12.2 Å². The predicted octanol–water partition coefficient (Wildman–Crippen LogP) is 3.92. The van der Waals surface area contributed by atoms with Gasteiger partial charge in [-0.2, -0.15) is 0 Å². The highest BCUT2D eigenvalue weighted by atomic mass is 14.4. The van der Waals surface area contributed by atoms with Gasteiger partial charge < -0.3 is 0 Å². The first-order chi connectivity index (χ1) is 5.71. The molecule has 0 saturated heterocycles. The average Bonchev–Trinajstić information content (AvgIpc) is 2.02. The molecule has 2 saturated carbocycles. The number of fused-ring (bicyclic) bond motifs is 1. The van der Waals surface area contributed by atoms with Gasteiger partial charge in [0.15, 0.2) is 0 Å². The maximum absolute atomic E-state index is 4.15. The van der Waals surface area contributed by atoms with Crippen LogP contribution in [0.4, 0.5) is 0 Å². The van der Waals surface area contributed by atoms with Gasteiger partial charge in [-0.1, -0.05) is 31.9 Å². The molecule has 0 aromatic carbocycles. The van der Waals surface area contributed by atoms with E-state index in [2.05, 4.69) is 13.5 Å². The molecule has 0 nitrogen and oxygen atoms in total. The van der Waals surface area contributed by atoms with Gasteiger partial charge in [0.1, 0.15) is 0 Å². The summed E-state index contributed by atoms with van der Waals surface area (Å²) in [5.74, 6) is 1.02. The van der Waals surface area contributed by atoms with Crippen LogP contribution in [0.2, 0.25) is 0 Å². The van der Waals surface area contributed by atoms with Crippen LogP contribution in [0.15, 0.2) is 12.2 Å². The monoisotopic (exact) mass is 164 g/mol. The second-order valence-electron chi connectivity index (χ2n) is 5.06.